The third kappa shape index (κ3) is 2.60. The van der Waals surface area contributed by atoms with Gasteiger partial charge in [-0.25, -0.2) is 0 Å². The lowest BCUT2D eigenvalue weighted by Crippen LogP contribution is -2.04. The third-order valence-electron chi connectivity index (χ3n) is 2.25. The number of nitrogen functional groups attached to an aromatic ring is 2. The van der Waals surface area contributed by atoms with Crippen LogP contribution in [0.3, 0.4) is 0 Å². The molecule has 0 amide bonds. The number of nitrogens with two attached hydrogens (primary N) is 2. The highest BCUT2D eigenvalue weighted by Crippen LogP contribution is 2.19. The molecule has 0 aliphatic rings. The molecule has 0 saturated heterocycles. The molecular formula is C11H14N6. The highest BCUT2D eigenvalue weighted by Gasteiger charge is 2.03. The van der Waals surface area contributed by atoms with E-state index in [1.54, 1.807) is 6.07 Å². The molecule has 17 heavy (non-hydrogen) atoms. The molecule has 2 rings (SSSR count). The van der Waals surface area contributed by atoms with E-state index in [-0.39, 0.29) is 5.95 Å². The molecule has 0 atom stereocenters. The molecule has 0 spiro atoms. The molecule has 0 bridgehead atoms. The molecule has 0 saturated carbocycles. The SMILES string of the molecule is Cc1ccc(Nc2cc(N)nc(N)n2)c(C)n1. The van der Waals surface area contributed by atoms with Gasteiger partial charge in [-0.3, -0.25) is 4.98 Å². The van der Waals surface area contributed by atoms with Crippen LogP contribution in [0.4, 0.5) is 23.3 Å². The van der Waals surface area contributed by atoms with Crippen molar-refractivity contribution in [1.29, 1.82) is 0 Å². The minimum absolute atomic E-state index is 0.144. The van der Waals surface area contributed by atoms with Gasteiger partial charge in [-0.05, 0) is 26.0 Å². The standard InChI is InChI=1S/C11H14N6/c1-6-3-4-8(7(2)14-6)15-10-5-9(12)16-11(13)17-10/h3-5H,1-2H3,(H5,12,13,15,16,17). The van der Waals surface area contributed by atoms with Gasteiger partial charge in [0.2, 0.25) is 5.95 Å². The minimum Gasteiger partial charge on any atom is -0.383 e. The van der Waals surface area contributed by atoms with Crippen LogP contribution in [0.15, 0.2) is 18.2 Å². The van der Waals surface area contributed by atoms with Crippen molar-refractivity contribution in [2.75, 3.05) is 16.8 Å². The van der Waals surface area contributed by atoms with E-state index in [0.717, 1.165) is 17.1 Å². The number of aryl methyl sites for hydroxylation is 2. The van der Waals surface area contributed by atoms with Crippen LogP contribution >= 0.6 is 0 Å². The number of aromatic nitrogens is 3. The normalized spacial score (nSPS) is 10.2. The van der Waals surface area contributed by atoms with Crippen LogP contribution in [0.25, 0.3) is 0 Å². The van der Waals surface area contributed by atoms with Crippen molar-refractivity contribution in [3.05, 3.63) is 29.6 Å². The van der Waals surface area contributed by atoms with Crippen LogP contribution in [-0.4, -0.2) is 15.0 Å². The van der Waals surface area contributed by atoms with Crippen molar-refractivity contribution in [1.82, 2.24) is 15.0 Å². The zero-order valence-electron chi connectivity index (χ0n) is 9.73. The predicted molar refractivity (Wildman–Crippen MR) is 67.9 cm³/mol. The van der Waals surface area contributed by atoms with Gasteiger partial charge in [-0.2, -0.15) is 9.97 Å². The first-order valence-corrected chi connectivity index (χ1v) is 5.16. The molecule has 0 unspecified atom stereocenters. The quantitative estimate of drug-likeness (QED) is 0.720. The van der Waals surface area contributed by atoms with Crippen molar-refractivity contribution >= 4 is 23.3 Å². The summed E-state index contributed by atoms with van der Waals surface area (Å²) in [4.78, 5) is 12.2. The highest BCUT2D eigenvalue weighted by molar-refractivity contribution is 5.61. The fourth-order valence-electron chi connectivity index (χ4n) is 1.51. The molecule has 2 heterocycles. The van der Waals surface area contributed by atoms with E-state index in [9.17, 15) is 0 Å². The zero-order chi connectivity index (χ0) is 12.4. The average Bonchev–Trinajstić information content (AvgIpc) is 2.21. The summed E-state index contributed by atoms with van der Waals surface area (Å²) in [5, 5.41) is 3.11. The van der Waals surface area contributed by atoms with Gasteiger partial charge in [0, 0.05) is 11.8 Å². The maximum absolute atomic E-state index is 5.59. The van der Waals surface area contributed by atoms with Gasteiger partial charge in [-0.1, -0.05) is 0 Å². The lowest BCUT2D eigenvalue weighted by molar-refractivity contribution is 1.12. The van der Waals surface area contributed by atoms with E-state index in [4.69, 9.17) is 11.5 Å². The Morgan fingerprint density at radius 1 is 1.06 bits per heavy atom. The van der Waals surface area contributed by atoms with E-state index >= 15 is 0 Å². The summed E-state index contributed by atoms with van der Waals surface area (Å²) in [5.41, 5.74) is 13.8. The average molecular weight is 230 g/mol. The molecule has 0 radical (unpaired) electrons. The largest absolute Gasteiger partial charge is 0.383 e. The second kappa shape index (κ2) is 4.25. The van der Waals surface area contributed by atoms with Crippen molar-refractivity contribution in [2.24, 2.45) is 0 Å². The highest BCUT2D eigenvalue weighted by atomic mass is 15.1. The van der Waals surface area contributed by atoms with Gasteiger partial charge >= 0.3 is 0 Å². The van der Waals surface area contributed by atoms with E-state index in [1.165, 1.54) is 0 Å². The molecule has 0 aliphatic heterocycles. The number of nitrogens with one attached hydrogen (secondary N) is 1. The molecule has 2 aromatic rings. The van der Waals surface area contributed by atoms with Crippen LogP contribution in [0, 0.1) is 13.8 Å². The third-order valence-corrected chi connectivity index (χ3v) is 2.25. The molecule has 6 heteroatoms. The van der Waals surface area contributed by atoms with E-state index in [2.05, 4.69) is 20.3 Å². The van der Waals surface area contributed by atoms with Crippen LogP contribution in [0.2, 0.25) is 0 Å². The van der Waals surface area contributed by atoms with Gasteiger partial charge < -0.3 is 16.8 Å². The predicted octanol–water partition coefficient (Wildman–Crippen LogP) is 1.40. The zero-order valence-corrected chi connectivity index (χ0v) is 9.73. The first-order valence-electron chi connectivity index (χ1n) is 5.16. The number of hydrogen-bond donors (Lipinski definition) is 3. The summed E-state index contributed by atoms with van der Waals surface area (Å²) in [5.74, 6) is 1.03. The Labute approximate surface area is 99.1 Å². The van der Waals surface area contributed by atoms with Crippen molar-refractivity contribution in [3.63, 3.8) is 0 Å². The van der Waals surface area contributed by atoms with Crippen molar-refractivity contribution in [2.45, 2.75) is 13.8 Å². The fraction of sp³-hybridized carbons (Fsp3) is 0.182. The lowest BCUT2D eigenvalue weighted by Gasteiger charge is -2.09. The van der Waals surface area contributed by atoms with E-state index < -0.39 is 0 Å². The summed E-state index contributed by atoms with van der Waals surface area (Å²) < 4.78 is 0. The topological polar surface area (TPSA) is 103 Å². The smallest absolute Gasteiger partial charge is 0.223 e. The Morgan fingerprint density at radius 2 is 1.82 bits per heavy atom. The number of nitrogens with zero attached hydrogens (tertiary/aromatic N) is 3. The monoisotopic (exact) mass is 230 g/mol. The fourth-order valence-corrected chi connectivity index (χ4v) is 1.51. The Hall–Kier alpha value is -2.37. The number of rotatable bonds is 2. The van der Waals surface area contributed by atoms with Gasteiger partial charge in [0.25, 0.3) is 0 Å². The molecular weight excluding hydrogens is 216 g/mol. The van der Waals surface area contributed by atoms with E-state index in [0.29, 0.717) is 11.6 Å². The summed E-state index contributed by atoms with van der Waals surface area (Å²) in [7, 11) is 0. The second-order valence-electron chi connectivity index (χ2n) is 3.75. The minimum atomic E-state index is 0.144. The Kier molecular flexibility index (Phi) is 2.78. The second-order valence-corrected chi connectivity index (χ2v) is 3.75. The maximum atomic E-state index is 5.59. The Balaban J connectivity index is 2.31. The van der Waals surface area contributed by atoms with Crippen molar-refractivity contribution < 1.29 is 0 Å². The molecule has 0 aromatic carbocycles. The van der Waals surface area contributed by atoms with Crippen LogP contribution in [0.5, 0.6) is 0 Å². The van der Waals surface area contributed by atoms with Gasteiger partial charge in [0.05, 0.1) is 11.4 Å². The molecule has 6 nitrogen and oxygen atoms in total. The number of hydrogen-bond acceptors (Lipinski definition) is 6. The van der Waals surface area contributed by atoms with Crippen LogP contribution in [-0.2, 0) is 0 Å². The van der Waals surface area contributed by atoms with Crippen LogP contribution in [0.1, 0.15) is 11.4 Å². The Morgan fingerprint density at radius 3 is 2.47 bits per heavy atom. The first-order chi connectivity index (χ1) is 8.04. The molecule has 5 N–H and O–H groups in total. The van der Waals surface area contributed by atoms with Crippen LogP contribution < -0.4 is 16.8 Å². The lowest BCUT2D eigenvalue weighted by atomic mass is 10.2. The molecule has 0 aliphatic carbocycles. The summed E-state index contributed by atoms with van der Waals surface area (Å²) in [6, 6.07) is 5.48. The summed E-state index contributed by atoms with van der Waals surface area (Å²) in [6.07, 6.45) is 0. The van der Waals surface area contributed by atoms with Crippen molar-refractivity contribution in [3.8, 4) is 0 Å². The molecule has 0 fully saturated rings. The van der Waals surface area contributed by atoms with Gasteiger partial charge in [-0.15, -0.1) is 0 Å². The summed E-state index contributed by atoms with van der Waals surface area (Å²) in [6.45, 7) is 3.86. The maximum Gasteiger partial charge on any atom is 0.223 e. The van der Waals surface area contributed by atoms with Gasteiger partial charge in [0.15, 0.2) is 0 Å². The summed E-state index contributed by atoms with van der Waals surface area (Å²) >= 11 is 0. The Bertz CT molecular complexity index is 531. The molecule has 2 aromatic heterocycles. The number of pyridine rings is 1. The first kappa shape index (κ1) is 11.1. The van der Waals surface area contributed by atoms with E-state index in [1.807, 2.05) is 26.0 Å². The molecule has 88 valence electrons. The van der Waals surface area contributed by atoms with Gasteiger partial charge in [0.1, 0.15) is 11.6 Å². The number of anilines is 4.